The van der Waals surface area contributed by atoms with Crippen molar-refractivity contribution in [2.75, 3.05) is 26.4 Å². The van der Waals surface area contributed by atoms with Gasteiger partial charge in [-0.3, -0.25) is 9.59 Å². The van der Waals surface area contributed by atoms with Gasteiger partial charge in [0.1, 0.15) is 55.4 Å². The van der Waals surface area contributed by atoms with Crippen molar-refractivity contribution in [3.63, 3.8) is 0 Å². The van der Waals surface area contributed by atoms with Gasteiger partial charge in [0.15, 0.2) is 18.7 Å². The molecule has 0 spiro atoms. The van der Waals surface area contributed by atoms with Crippen LogP contribution in [0.2, 0.25) is 0 Å². The molecule has 0 saturated carbocycles. The normalized spacial score (nSPS) is 24.9. The van der Waals surface area contributed by atoms with E-state index in [0.29, 0.717) is 12.8 Å². The van der Waals surface area contributed by atoms with Crippen LogP contribution in [0.1, 0.15) is 239 Å². The summed E-state index contributed by atoms with van der Waals surface area (Å²) in [5.41, 5.74) is 0. The summed E-state index contributed by atoms with van der Waals surface area (Å²) in [6.07, 6.45) is 32.0. The third-order valence-electron chi connectivity index (χ3n) is 14.2. The van der Waals surface area contributed by atoms with Crippen molar-refractivity contribution in [2.45, 2.75) is 306 Å². The summed E-state index contributed by atoms with van der Waals surface area (Å²) in [4.78, 5) is 25.9. The van der Waals surface area contributed by atoms with E-state index in [1.165, 1.54) is 135 Å². The second kappa shape index (κ2) is 45.0. The molecule has 2 aliphatic heterocycles. The molecule has 0 radical (unpaired) electrons. The van der Waals surface area contributed by atoms with E-state index in [1.54, 1.807) is 0 Å². The van der Waals surface area contributed by atoms with Crippen LogP contribution in [-0.2, 0) is 38.0 Å². The molecule has 0 aliphatic carbocycles. The van der Waals surface area contributed by atoms with Gasteiger partial charge in [-0.1, -0.05) is 186 Å². The van der Waals surface area contributed by atoms with Gasteiger partial charge in [0.25, 0.3) is 0 Å². The van der Waals surface area contributed by atoms with Crippen LogP contribution in [-0.4, -0.2) is 142 Å². The number of esters is 2. The lowest BCUT2D eigenvalue weighted by molar-refractivity contribution is -0.332. The molecule has 0 amide bonds. The summed E-state index contributed by atoms with van der Waals surface area (Å²) >= 11 is 0. The van der Waals surface area contributed by atoms with Gasteiger partial charge in [0, 0.05) is 12.8 Å². The summed E-state index contributed by atoms with van der Waals surface area (Å²) < 4.78 is 33.7. The molecule has 2 rings (SSSR count). The fraction of sp³-hybridized carbons (Fsp3) is 0.897. The number of hydrogen-bond donors (Lipinski definition) is 7. The largest absolute Gasteiger partial charge is 0.462 e. The van der Waals surface area contributed by atoms with Crippen LogP contribution in [0.15, 0.2) is 24.3 Å². The van der Waals surface area contributed by atoms with Crippen LogP contribution in [0.4, 0.5) is 0 Å². The predicted octanol–water partition coefficient (Wildman–Crippen LogP) is 9.89. The average Bonchev–Trinajstić information content (AvgIpc) is 3.38. The first-order chi connectivity index (χ1) is 35.5. The first-order valence-corrected chi connectivity index (χ1v) is 29.4. The molecule has 428 valence electrons. The van der Waals surface area contributed by atoms with Crippen molar-refractivity contribution in [2.24, 2.45) is 0 Å². The van der Waals surface area contributed by atoms with Gasteiger partial charge in [0.2, 0.25) is 0 Å². The van der Waals surface area contributed by atoms with Gasteiger partial charge in [-0.25, -0.2) is 0 Å². The van der Waals surface area contributed by atoms with Gasteiger partial charge in [0.05, 0.1) is 19.8 Å². The highest BCUT2D eigenvalue weighted by Crippen LogP contribution is 2.27. The van der Waals surface area contributed by atoms with Gasteiger partial charge in [-0.05, 0) is 64.2 Å². The number of aliphatic hydroxyl groups excluding tert-OH is 7. The van der Waals surface area contributed by atoms with Crippen LogP contribution in [0.5, 0.6) is 0 Å². The van der Waals surface area contributed by atoms with Gasteiger partial charge >= 0.3 is 11.9 Å². The lowest BCUT2D eigenvalue weighted by Crippen LogP contribution is -2.61. The van der Waals surface area contributed by atoms with E-state index >= 15 is 0 Å². The minimum absolute atomic E-state index is 0.164. The molecule has 0 bridgehead atoms. The lowest BCUT2D eigenvalue weighted by Gasteiger charge is -2.42. The molecular formula is C58H106O15. The van der Waals surface area contributed by atoms with Crippen LogP contribution in [0.25, 0.3) is 0 Å². The van der Waals surface area contributed by atoms with Crippen LogP contribution in [0, 0.1) is 0 Å². The summed E-state index contributed by atoms with van der Waals surface area (Å²) in [7, 11) is 0. The number of allylic oxidation sites excluding steroid dienone is 4. The highest BCUT2D eigenvalue weighted by Gasteiger charge is 2.47. The molecule has 0 aromatic heterocycles. The van der Waals surface area contributed by atoms with Crippen molar-refractivity contribution < 1.29 is 73.8 Å². The quantitative estimate of drug-likeness (QED) is 0.0171. The highest BCUT2D eigenvalue weighted by molar-refractivity contribution is 5.70. The first kappa shape index (κ1) is 67.1. The van der Waals surface area contributed by atoms with Crippen LogP contribution in [0.3, 0.4) is 0 Å². The SMILES string of the molecule is CCCCCCCCC/C=C\CCCCCCCC(=O)OCC(COC1OC(COC2OC(CO)C(O)C(O)C2O)C(O)C(O)C1O)OC(=O)CCCCCCCCCCC/C=C\CCCCCCCCCC. The molecular weight excluding hydrogens is 937 g/mol. The smallest absolute Gasteiger partial charge is 0.306 e. The second-order valence-electron chi connectivity index (χ2n) is 20.8. The molecule has 2 saturated heterocycles. The van der Waals surface area contributed by atoms with E-state index in [2.05, 4.69) is 38.2 Å². The van der Waals surface area contributed by atoms with Crippen molar-refractivity contribution in [3.05, 3.63) is 24.3 Å². The molecule has 2 aliphatic rings. The monoisotopic (exact) mass is 1040 g/mol. The molecule has 15 nitrogen and oxygen atoms in total. The van der Waals surface area contributed by atoms with Crippen molar-refractivity contribution in [1.29, 1.82) is 0 Å². The minimum Gasteiger partial charge on any atom is -0.462 e. The molecule has 2 fully saturated rings. The minimum atomic E-state index is -1.77. The van der Waals surface area contributed by atoms with Crippen molar-refractivity contribution >= 4 is 11.9 Å². The third kappa shape index (κ3) is 32.4. The number of ether oxygens (including phenoxy) is 6. The molecule has 0 aromatic rings. The summed E-state index contributed by atoms with van der Waals surface area (Å²) in [6.45, 7) is 2.62. The average molecular weight is 1040 g/mol. The highest BCUT2D eigenvalue weighted by atomic mass is 16.7. The van der Waals surface area contributed by atoms with Crippen LogP contribution < -0.4 is 0 Å². The molecule has 73 heavy (non-hydrogen) atoms. The van der Waals surface area contributed by atoms with Crippen LogP contribution >= 0.6 is 0 Å². The fourth-order valence-corrected chi connectivity index (χ4v) is 9.33. The Morgan fingerprint density at radius 2 is 0.781 bits per heavy atom. The summed E-state index contributed by atoms with van der Waals surface area (Å²) in [5.74, 6) is -0.927. The van der Waals surface area contributed by atoms with Crippen molar-refractivity contribution in [3.8, 4) is 0 Å². The number of aliphatic hydroxyl groups is 7. The van der Waals surface area contributed by atoms with E-state index in [9.17, 15) is 45.3 Å². The Hall–Kier alpha value is -2.02. The molecule has 15 heteroatoms. The number of unbranched alkanes of at least 4 members (excludes halogenated alkanes) is 29. The topological polar surface area (TPSA) is 231 Å². The Morgan fingerprint density at radius 1 is 0.425 bits per heavy atom. The fourth-order valence-electron chi connectivity index (χ4n) is 9.33. The maximum absolute atomic E-state index is 13.1. The Morgan fingerprint density at radius 3 is 1.21 bits per heavy atom. The summed E-state index contributed by atoms with van der Waals surface area (Å²) in [5, 5.41) is 72.3. The number of carbonyl (C=O) groups is 2. The zero-order valence-electron chi connectivity index (χ0n) is 45.6. The zero-order valence-corrected chi connectivity index (χ0v) is 45.6. The number of hydrogen-bond acceptors (Lipinski definition) is 15. The van der Waals surface area contributed by atoms with E-state index in [0.717, 1.165) is 64.2 Å². The molecule has 0 aromatic carbocycles. The predicted molar refractivity (Wildman–Crippen MR) is 284 cm³/mol. The second-order valence-corrected chi connectivity index (χ2v) is 20.8. The lowest BCUT2D eigenvalue weighted by atomic mass is 9.98. The first-order valence-electron chi connectivity index (χ1n) is 29.4. The number of carbonyl (C=O) groups excluding carboxylic acids is 2. The molecule has 11 unspecified atom stereocenters. The Balaban J connectivity index is 1.75. The summed E-state index contributed by atoms with van der Waals surface area (Å²) in [6, 6.07) is 0. The Kier molecular flexibility index (Phi) is 41.4. The van der Waals surface area contributed by atoms with Gasteiger partial charge in [-0.2, -0.15) is 0 Å². The molecule has 2 heterocycles. The third-order valence-corrected chi connectivity index (χ3v) is 14.2. The maximum Gasteiger partial charge on any atom is 0.306 e. The Bertz CT molecular complexity index is 1360. The Labute approximate surface area is 441 Å². The van der Waals surface area contributed by atoms with E-state index in [4.69, 9.17) is 28.4 Å². The van der Waals surface area contributed by atoms with Crippen molar-refractivity contribution in [1.82, 2.24) is 0 Å². The molecule has 7 N–H and O–H groups in total. The maximum atomic E-state index is 13.1. The van der Waals surface area contributed by atoms with Gasteiger partial charge in [-0.15, -0.1) is 0 Å². The van der Waals surface area contributed by atoms with Gasteiger partial charge < -0.3 is 64.2 Å². The van der Waals surface area contributed by atoms with E-state index in [1.807, 2.05) is 0 Å². The standard InChI is InChI=1S/C58H106O15/c1-3-5-7-9-11-13-15-17-19-21-22-23-24-25-27-29-31-33-35-37-39-41-50(61)71-46(43-68-49(60)40-38-36-34-32-30-28-26-20-18-16-14-12-10-8-6-4-2)44-69-57-56(67)54(65)52(63)48(73-57)45-70-58-55(66)53(64)51(62)47(42-59)72-58/h20-22,26,46-48,51-59,62-67H,3-19,23-25,27-45H2,1-2H3/b22-21-,26-20-. The molecule has 11 atom stereocenters. The zero-order chi connectivity index (χ0) is 53.2. The van der Waals surface area contributed by atoms with E-state index in [-0.39, 0.29) is 26.1 Å². The number of rotatable bonds is 47. The van der Waals surface area contributed by atoms with E-state index < -0.39 is 92.7 Å².